The SMILES string of the molecule is CSc1cc(N2CCCC(=O)C2)ncn1. The number of carbonyl (C=O) groups is 1. The van der Waals surface area contributed by atoms with Crippen molar-refractivity contribution in [1.29, 1.82) is 0 Å². The topological polar surface area (TPSA) is 46.1 Å². The summed E-state index contributed by atoms with van der Waals surface area (Å²) in [4.78, 5) is 21.6. The summed E-state index contributed by atoms with van der Waals surface area (Å²) in [5, 5.41) is 0.943. The summed E-state index contributed by atoms with van der Waals surface area (Å²) in [6.07, 6.45) is 5.17. The maximum atomic E-state index is 11.3. The largest absolute Gasteiger partial charge is 0.349 e. The molecule has 4 nitrogen and oxygen atoms in total. The molecule has 1 fully saturated rings. The highest BCUT2D eigenvalue weighted by Gasteiger charge is 2.18. The molecule has 0 spiro atoms. The molecule has 15 heavy (non-hydrogen) atoms. The lowest BCUT2D eigenvalue weighted by Crippen LogP contribution is -2.36. The molecule has 0 unspecified atom stereocenters. The van der Waals surface area contributed by atoms with E-state index in [0.717, 1.165) is 23.8 Å². The third-order valence-corrected chi connectivity index (χ3v) is 3.05. The van der Waals surface area contributed by atoms with Crippen molar-refractivity contribution in [2.24, 2.45) is 0 Å². The van der Waals surface area contributed by atoms with Crippen LogP contribution in [0.2, 0.25) is 0 Å². The Kier molecular flexibility index (Phi) is 3.20. The van der Waals surface area contributed by atoms with Crippen LogP contribution in [-0.4, -0.2) is 35.1 Å². The summed E-state index contributed by atoms with van der Waals surface area (Å²) in [5.74, 6) is 1.16. The van der Waals surface area contributed by atoms with E-state index in [4.69, 9.17) is 0 Å². The predicted molar refractivity (Wildman–Crippen MR) is 60.3 cm³/mol. The lowest BCUT2D eigenvalue weighted by atomic mass is 10.1. The van der Waals surface area contributed by atoms with Crippen LogP contribution >= 0.6 is 11.8 Å². The fourth-order valence-corrected chi connectivity index (χ4v) is 2.02. The molecule has 2 rings (SSSR count). The molecular weight excluding hydrogens is 210 g/mol. The molecule has 1 aromatic rings. The quantitative estimate of drug-likeness (QED) is 0.559. The molecule has 1 saturated heterocycles. The molecule has 0 N–H and O–H groups in total. The van der Waals surface area contributed by atoms with Crippen LogP contribution in [0.1, 0.15) is 12.8 Å². The van der Waals surface area contributed by atoms with Crippen molar-refractivity contribution in [3.63, 3.8) is 0 Å². The lowest BCUT2D eigenvalue weighted by Gasteiger charge is -2.26. The Bertz CT molecular complexity index is 369. The average molecular weight is 223 g/mol. The van der Waals surface area contributed by atoms with Crippen LogP contribution in [0.25, 0.3) is 0 Å². The zero-order valence-corrected chi connectivity index (χ0v) is 9.46. The van der Waals surface area contributed by atoms with E-state index in [-0.39, 0.29) is 0 Å². The minimum absolute atomic E-state index is 0.297. The Balaban J connectivity index is 2.17. The normalized spacial score (nSPS) is 16.9. The van der Waals surface area contributed by atoms with Crippen LogP contribution in [-0.2, 0) is 4.79 Å². The van der Waals surface area contributed by atoms with Crippen molar-refractivity contribution < 1.29 is 4.79 Å². The first-order valence-electron chi connectivity index (χ1n) is 4.92. The molecular formula is C10H13N3OS. The standard InChI is InChI=1S/C10H13N3OS/c1-15-10-5-9(11-7-12-10)13-4-2-3-8(14)6-13/h5,7H,2-4,6H2,1H3. The summed E-state index contributed by atoms with van der Waals surface area (Å²) in [6, 6.07) is 1.93. The van der Waals surface area contributed by atoms with Crippen molar-refractivity contribution >= 4 is 23.4 Å². The maximum absolute atomic E-state index is 11.3. The Morgan fingerprint density at radius 2 is 2.33 bits per heavy atom. The van der Waals surface area contributed by atoms with Gasteiger partial charge in [0.15, 0.2) is 5.78 Å². The van der Waals surface area contributed by atoms with E-state index >= 15 is 0 Å². The van der Waals surface area contributed by atoms with Crippen molar-refractivity contribution in [3.05, 3.63) is 12.4 Å². The summed E-state index contributed by atoms with van der Waals surface area (Å²) in [6.45, 7) is 1.40. The monoisotopic (exact) mass is 223 g/mol. The van der Waals surface area contributed by atoms with Gasteiger partial charge in [0.25, 0.3) is 0 Å². The minimum Gasteiger partial charge on any atom is -0.349 e. The third kappa shape index (κ3) is 2.47. The molecule has 0 atom stereocenters. The molecule has 2 heterocycles. The molecule has 0 amide bonds. The minimum atomic E-state index is 0.297. The van der Waals surface area contributed by atoms with Crippen LogP contribution in [0.3, 0.4) is 0 Å². The zero-order chi connectivity index (χ0) is 10.7. The molecule has 1 aliphatic rings. The van der Waals surface area contributed by atoms with Gasteiger partial charge < -0.3 is 4.90 Å². The first-order chi connectivity index (χ1) is 7.29. The number of nitrogens with zero attached hydrogens (tertiary/aromatic N) is 3. The van der Waals surface area contributed by atoms with Gasteiger partial charge in [-0.05, 0) is 12.7 Å². The number of rotatable bonds is 2. The van der Waals surface area contributed by atoms with Crippen molar-refractivity contribution in [2.75, 3.05) is 24.2 Å². The van der Waals surface area contributed by atoms with Gasteiger partial charge in [0, 0.05) is 19.0 Å². The second-order valence-corrected chi connectivity index (χ2v) is 4.31. The number of hydrogen-bond donors (Lipinski definition) is 0. The van der Waals surface area contributed by atoms with E-state index in [1.54, 1.807) is 18.1 Å². The molecule has 0 aromatic carbocycles. The van der Waals surface area contributed by atoms with E-state index in [1.807, 2.05) is 17.2 Å². The van der Waals surface area contributed by atoms with Gasteiger partial charge in [-0.15, -0.1) is 11.8 Å². The van der Waals surface area contributed by atoms with Crippen molar-refractivity contribution in [1.82, 2.24) is 9.97 Å². The number of ketones is 1. The van der Waals surface area contributed by atoms with Crippen LogP contribution in [0.4, 0.5) is 5.82 Å². The molecule has 5 heteroatoms. The van der Waals surface area contributed by atoms with Gasteiger partial charge in [-0.1, -0.05) is 0 Å². The number of anilines is 1. The number of hydrogen-bond acceptors (Lipinski definition) is 5. The Morgan fingerprint density at radius 3 is 3.07 bits per heavy atom. The predicted octanol–water partition coefficient (Wildman–Crippen LogP) is 1.37. The number of carbonyl (C=O) groups excluding carboxylic acids is 1. The van der Waals surface area contributed by atoms with Crippen molar-refractivity contribution in [2.45, 2.75) is 17.9 Å². The smallest absolute Gasteiger partial charge is 0.152 e. The van der Waals surface area contributed by atoms with Gasteiger partial charge in [0.05, 0.1) is 6.54 Å². The van der Waals surface area contributed by atoms with Gasteiger partial charge in [-0.3, -0.25) is 4.79 Å². The first kappa shape index (κ1) is 10.4. The second-order valence-electron chi connectivity index (χ2n) is 3.48. The van der Waals surface area contributed by atoms with Gasteiger partial charge in [-0.2, -0.15) is 0 Å². The van der Waals surface area contributed by atoms with E-state index in [9.17, 15) is 4.79 Å². The molecule has 0 saturated carbocycles. The Hall–Kier alpha value is -1.10. The highest BCUT2D eigenvalue weighted by molar-refractivity contribution is 7.98. The van der Waals surface area contributed by atoms with Crippen LogP contribution in [0.5, 0.6) is 0 Å². The fourth-order valence-electron chi connectivity index (χ4n) is 1.65. The molecule has 0 radical (unpaired) electrons. The summed E-state index contributed by atoms with van der Waals surface area (Å²) in [5.41, 5.74) is 0. The van der Waals surface area contributed by atoms with Crippen LogP contribution in [0.15, 0.2) is 17.4 Å². The Labute approximate surface area is 93.1 Å². The first-order valence-corrected chi connectivity index (χ1v) is 6.15. The van der Waals surface area contributed by atoms with Gasteiger partial charge >= 0.3 is 0 Å². The maximum Gasteiger partial charge on any atom is 0.152 e. The Morgan fingerprint density at radius 1 is 1.47 bits per heavy atom. The van der Waals surface area contributed by atoms with E-state index < -0.39 is 0 Å². The summed E-state index contributed by atoms with van der Waals surface area (Å²) in [7, 11) is 0. The third-order valence-electron chi connectivity index (χ3n) is 2.41. The zero-order valence-electron chi connectivity index (χ0n) is 8.64. The number of Topliss-reactive ketones (excluding diaryl/α,β-unsaturated/α-hetero) is 1. The molecule has 0 aliphatic carbocycles. The summed E-state index contributed by atoms with van der Waals surface area (Å²) < 4.78 is 0. The van der Waals surface area contributed by atoms with E-state index in [2.05, 4.69) is 9.97 Å². The molecule has 80 valence electrons. The average Bonchev–Trinajstić information content (AvgIpc) is 2.29. The lowest BCUT2D eigenvalue weighted by molar-refractivity contribution is -0.118. The van der Waals surface area contributed by atoms with E-state index in [1.165, 1.54) is 0 Å². The number of piperidine rings is 1. The highest BCUT2D eigenvalue weighted by Crippen LogP contribution is 2.19. The highest BCUT2D eigenvalue weighted by atomic mass is 32.2. The van der Waals surface area contributed by atoms with Gasteiger partial charge in [0.2, 0.25) is 0 Å². The molecule has 0 bridgehead atoms. The van der Waals surface area contributed by atoms with Gasteiger partial charge in [-0.25, -0.2) is 9.97 Å². The number of aromatic nitrogens is 2. The number of thioether (sulfide) groups is 1. The second kappa shape index (κ2) is 4.61. The van der Waals surface area contributed by atoms with Crippen LogP contribution < -0.4 is 4.90 Å². The van der Waals surface area contributed by atoms with Crippen LogP contribution in [0, 0.1) is 0 Å². The summed E-state index contributed by atoms with van der Waals surface area (Å²) >= 11 is 1.59. The van der Waals surface area contributed by atoms with Crippen molar-refractivity contribution in [3.8, 4) is 0 Å². The van der Waals surface area contributed by atoms with Gasteiger partial charge in [0.1, 0.15) is 17.2 Å². The fraction of sp³-hybridized carbons (Fsp3) is 0.500. The van der Waals surface area contributed by atoms with E-state index in [0.29, 0.717) is 18.7 Å². The molecule has 1 aromatic heterocycles. The molecule has 1 aliphatic heterocycles.